The van der Waals surface area contributed by atoms with E-state index in [-0.39, 0.29) is 24.8 Å². The van der Waals surface area contributed by atoms with Gasteiger partial charge in [-0.2, -0.15) is 4.57 Å². The molecule has 2 heterocycles. The van der Waals surface area contributed by atoms with Crippen LogP contribution in [0.3, 0.4) is 0 Å². The van der Waals surface area contributed by atoms with E-state index in [1.165, 1.54) is 11.3 Å². The number of thioether (sulfide) groups is 1. The van der Waals surface area contributed by atoms with Crippen LogP contribution >= 0.6 is 34.7 Å². The molecule has 7 heteroatoms. The van der Waals surface area contributed by atoms with Crippen molar-refractivity contribution in [3.05, 3.63) is 111 Å². The number of hydrogen-bond acceptors (Lipinski definition) is 5. The number of aryl methyl sites for hydroxylation is 1. The molecule has 2 aromatic carbocycles. The highest BCUT2D eigenvalue weighted by Crippen LogP contribution is 2.40. The number of carbonyl (C=O) groups is 2. The second kappa shape index (κ2) is 11.7. The lowest BCUT2D eigenvalue weighted by atomic mass is 10.0. The van der Waals surface area contributed by atoms with Gasteiger partial charge in [0.2, 0.25) is 11.5 Å². The fraction of sp³-hybridized carbons (Fsp3) is 0.179. The van der Waals surface area contributed by atoms with E-state index >= 15 is 0 Å². The van der Waals surface area contributed by atoms with Crippen molar-refractivity contribution in [3.8, 4) is 5.69 Å². The molecule has 0 N–H and O–H groups in total. The number of thiophene rings is 1. The van der Waals surface area contributed by atoms with Crippen molar-refractivity contribution in [2.75, 3.05) is 6.61 Å². The van der Waals surface area contributed by atoms with Crippen LogP contribution in [0.4, 0.5) is 0 Å². The summed E-state index contributed by atoms with van der Waals surface area (Å²) in [6.45, 7) is 4.09. The standard InChI is InChI=1S/C28H25ClNO3S2/c1-3-33-24(31)17-22-25(30-15-13-19(2)14-16-30)28(34-18-21-11-7-8-12-23(21)29)35-27(22)26(32)20-9-5-4-6-10-20/h4-16H,3,17-18H2,1-2H3/q+1. The van der Waals surface area contributed by atoms with Gasteiger partial charge >= 0.3 is 5.97 Å². The molecule has 4 aromatic rings. The molecule has 178 valence electrons. The summed E-state index contributed by atoms with van der Waals surface area (Å²) in [5, 5.41) is 0.702. The first-order valence-electron chi connectivity index (χ1n) is 11.2. The van der Waals surface area contributed by atoms with Crippen LogP contribution in [0, 0.1) is 6.92 Å². The molecule has 2 aromatic heterocycles. The van der Waals surface area contributed by atoms with Gasteiger partial charge in [-0.15, -0.1) is 23.1 Å². The predicted octanol–water partition coefficient (Wildman–Crippen LogP) is 6.62. The maximum atomic E-state index is 13.6. The first kappa shape index (κ1) is 25.2. The van der Waals surface area contributed by atoms with Crippen molar-refractivity contribution in [2.45, 2.75) is 30.2 Å². The summed E-state index contributed by atoms with van der Waals surface area (Å²) in [5.41, 5.74) is 4.23. The minimum absolute atomic E-state index is 0.0150. The predicted molar refractivity (Wildman–Crippen MR) is 142 cm³/mol. The largest absolute Gasteiger partial charge is 0.466 e. The third-order valence-corrected chi connectivity index (χ3v) is 8.29. The summed E-state index contributed by atoms with van der Waals surface area (Å²) < 4.78 is 8.19. The van der Waals surface area contributed by atoms with Crippen LogP contribution in [-0.2, 0) is 21.7 Å². The van der Waals surface area contributed by atoms with Gasteiger partial charge in [-0.25, -0.2) is 0 Å². The highest BCUT2D eigenvalue weighted by atomic mass is 35.5. The lowest BCUT2D eigenvalue weighted by Gasteiger charge is -2.06. The molecule has 0 aliphatic rings. The first-order chi connectivity index (χ1) is 17.0. The molecule has 0 unspecified atom stereocenters. The van der Waals surface area contributed by atoms with Crippen LogP contribution < -0.4 is 4.57 Å². The van der Waals surface area contributed by atoms with Crippen molar-refractivity contribution in [1.29, 1.82) is 0 Å². The summed E-state index contributed by atoms with van der Waals surface area (Å²) in [4.78, 5) is 26.8. The van der Waals surface area contributed by atoms with Crippen LogP contribution in [0.1, 0.15) is 38.8 Å². The van der Waals surface area contributed by atoms with Crippen molar-refractivity contribution in [1.82, 2.24) is 0 Å². The Kier molecular flexibility index (Phi) is 8.39. The Labute approximate surface area is 218 Å². The van der Waals surface area contributed by atoms with Gasteiger partial charge in [0.25, 0.3) is 0 Å². The van der Waals surface area contributed by atoms with Crippen molar-refractivity contribution in [2.24, 2.45) is 0 Å². The van der Waals surface area contributed by atoms with Gasteiger partial charge in [0.15, 0.2) is 12.4 Å². The maximum Gasteiger partial charge on any atom is 0.310 e. The third-order valence-electron chi connectivity index (χ3n) is 5.39. The normalized spacial score (nSPS) is 10.8. The van der Waals surface area contributed by atoms with Gasteiger partial charge in [0.1, 0.15) is 4.21 Å². The second-order valence-electron chi connectivity index (χ2n) is 7.89. The Morgan fingerprint density at radius 3 is 2.37 bits per heavy atom. The van der Waals surface area contributed by atoms with E-state index in [0.29, 0.717) is 26.8 Å². The number of pyridine rings is 1. The van der Waals surface area contributed by atoms with E-state index in [0.717, 1.165) is 21.0 Å². The fourth-order valence-corrected chi connectivity index (χ4v) is 6.49. The van der Waals surface area contributed by atoms with Gasteiger partial charge in [0.05, 0.1) is 23.5 Å². The number of halogens is 1. The number of esters is 1. The lowest BCUT2D eigenvalue weighted by molar-refractivity contribution is -0.598. The average Bonchev–Trinajstić information content (AvgIpc) is 3.22. The molecule has 0 bridgehead atoms. The number of hydrogen-bond donors (Lipinski definition) is 0. The smallest absolute Gasteiger partial charge is 0.310 e. The third kappa shape index (κ3) is 6.01. The van der Waals surface area contributed by atoms with Crippen LogP contribution in [-0.4, -0.2) is 18.4 Å². The highest BCUT2D eigenvalue weighted by Gasteiger charge is 2.31. The molecule has 0 atom stereocenters. The van der Waals surface area contributed by atoms with E-state index in [1.807, 2.05) is 78.5 Å². The van der Waals surface area contributed by atoms with E-state index in [2.05, 4.69) is 0 Å². The Hall–Kier alpha value is -2.93. The van der Waals surface area contributed by atoms with Crippen LogP contribution in [0.5, 0.6) is 0 Å². The number of carbonyl (C=O) groups excluding carboxylic acids is 2. The minimum Gasteiger partial charge on any atom is -0.466 e. The summed E-state index contributed by atoms with van der Waals surface area (Å²) in [6, 6.07) is 20.9. The van der Waals surface area contributed by atoms with Crippen LogP contribution in [0.2, 0.25) is 5.02 Å². The fourth-order valence-electron chi connectivity index (χ4n) is 3.63. The molecule has 4 rings (SSSR count). The zero-order chi connectivity index (χ0) is 24.8. The molecule has 4 nitrogen and oxygen atoms in total. The molecule has 0 fully saturated rings. The quantitative estimate of drug-likeness (QED) is 0.107. The maximum absolute atomic E-state index is 13.6. The molecule has 0 amide bonds. The molecule has 35 heavy (non-hydrogen) atoms. The van der Waals surface area contributed by atoms with Crippen molar-refractivity contribution >= 4 is 46.5 Å². The van der Waals surface area contributed by atoms with Crippen LogP contribution in [0.25, 0.3) is 5.69 Å². The zero-order valence-electron chi connectivity index (χ0n) is 19.5. The number of rotatable bonds is 9. The number of ketones is 1. The first-order valence-corrected chi connectivity index (χ1v) is 13.4. The summed E-state index contributed by atoms with van der Waals surface area (Å²) in [7, 11) is 0. The lowest BCUT2D eigenvalue weighted by Crippen LogP contribution is -2.31. The zero-order valence-corrected chi connectivity index (χ0v) is 21.9. The minimum atomic E-state index is -0.357. The van der Waals surface area contributed by atoms with Gasteiger partial charge in [-0.1, -0.05) is 60.1 Å². The molecule has 0 saturated heterocycles. The van der Waals surface area contributed by atoms with Gasteiger partial charge < -0.3 is 4.74 Å². The summed E-state index contributed by atoms with van der Waals surface area (Å²) in [6.07, 6.45) is 3.94. The van der Waals surface area contributed by atoms with E-state index in [4.69, 9.17) is 16.3 Å². The van der Waals surface area contributed by atoms with Gasteiger partial charge in [-0.05, 0) is 31.0 Å². The topological polar surface area (TPSA) is 47.3 Å². The Morgan fingerprint density at radius 2 is 1.69 bits per heavy atom. The average molecular weight is 523 g/mol. The van der Waals surface area contributed by atoms with E-state index in [1.54, 1.807) is 30.8 Å². The SMILES string of the molecule is CCOC(=O)Cc1c(C(=O)c2ccccc2)sc(SCc2ccccc2Cl)c1-[n+]1ccc(C)cc1. The Morgan fingerprint density at radius 1 is 1.00 bits per heavy atom. The molecule has 0 radical (unpaired) electrons. The summed E-state index contributed by atoms with van der Waals surface area (Å²) >= 11 is 9.43. The number of ether oxygens (including phenoxy) is 1. The Bertz CT molecular complexity index is 1330. The molecule has 0 saturated carbocycles. The number of benzene rings is 2. The van der Waals surface area contributed by atoms with E-state index in [9.17, 15) is 9.59 Å². The van der Waals surface area contributed by atoms with Crippen molar-refractivity contribution < 1.29 is 18.9 Å². The van der Waals surface area contributed by atoms with E-state index < -0.39 is 0 Å². The van der Waals surface area contributed by atoms with Crippen molar-refractivity contribution in [3.63, 3.8) is 0 Å². The number of nitrogens with zero attached hydrogens (tertiary/aromatic N) is 1. The monoisotopic (exact) mass is 522 g/mol. The van der Waals surface area contributed by atoms with Gasteiger partial charge in [-0.3, -0.25) is 9.59 Å². The molecule has 0 spiro atoms. The summed E-state index contributed by atoms with van der Waals surface area (Å²) in [5.74, 6) is 0.176. The molecule has 0 aliphatic heterocycles. The van der Waals surface area contributed by atoms with Gasteiger partial charge in [0, 0.05) is 28.5 Å². The highest BCUT2D eigenvalue weighted by molar-refractivity contribution is 8.00. The molecule has 0 aliphatic carbocycles. The second-order valence-corrected chi connectivity index (χ2v) is 10.6. The van der Waals surface area contributed by atoms with Crippen LogP contribution in [0.15, 0.2) is 83.3 Å². The molecular weight excluding hydrogens is 498 g/mol. The Balaban J connectivity index is 1.85. The number of aromatic nitrogens is 1. The molecular formula is C28H25ClNO3S2+.